The van der Waals surface area contributed by atoms with Crippen molar-refractivity contribution in [1.29, 1.82) is 0 Å². The van der Waals surface area contributed by atoms with Crippen LogP contribution in [0.1, 0.15) is 59.8 Å². The zero-order valence-electron chi connectivity index (χ0n) is 20.3. The van der Waals surface area contributed by atoms with Gasteiger partial charge in [-0.05, 0) is 86.0 Å². The van der Waals surface area contributed by atoms with Gasteiger partial charge in [-0.15, -0.1) is 11.3 Å². The van der Waals surface area contributed by atoms with Crippen molar-refractivity contribution in [2.24, 2.45) is 11.7 Å². The summed E-state index contributed by atoms with van der Waals surface area (Å²) in [6, 6.07) is 6.34. The van der Waals surface area contributed by atoms with Crippen molar-refractivity contribution >= 4 is 33.0 Å². The Morgan fingerprint density at radius 2 is 1.94 bits per heavy atom. The van der Waals surface area contributed by atoms with Crippen LogP contribution in [0.25, 0.3) is 11.1 Å². The Kier molecular flexibility index (Phi) is 7.66. The lowest BCUT2D eigenvalue weighted by Gasteiger charge is -2.34. The first-order chi connectivity index (χ1) is 16.2. The third-order valence-electron chi connectivity index (χ3n) is 7.18. The summed E-state index contributed by atoms with van der Waals surface area (Å²) in [6.45, 7) is 7.73. The highest BCUT2D eigenvalue weighted by molar-refractivity contribution is 7.89. The highest BCUT2D eigenvalue weighted by Crippen LogP contribution is 2.44. The van der Waals surface area contributed by atoms with Crippen molar-refractivity contribution < 1.29 is 13.2 Å². The number of carbonyl (C=O) groups is 1. The van der Waals surface area contributed by atoms with Crippen LogP contribution >= 0.6 is 11.3 Å². The molecule has 0 spiro atoms. The van der Waals surface area contributed by atoms with E-state index in [1.165, 1.54) is 4.88 Å². The van der Waals surface area contributed by atoms with Gasteiger partial charge in [-0.3, -0.25) is 4.79 Å². The number of hydrogen-bond acceptors (Lipinski definition) is 6. The fraction of sp³-hybridized carbons (Fsp3) is 0.560. The number of nitrogens with one attached hydrogen (secondary N) is 1. The van der Waals surface area contributed by atoms with Crippen molar-refractivity contribution in [1.82, 2.24) is 9.21 Å². The minimum absolute atomic E-state index is 0.147. The molecule has 3 heterocycles. The topological polar surface area (TPSA) is 95.7 Å². The molecule has 34 heavy (non-hydrogen) atoms. The van der Waals surface area contributed by atoms with E-state index in [9.17, 15) is 13.2 Å². The van der Waals surface area contributed by atoms with Gasteiger partial charge in [-0.1, -0.05) is 6.92 Å². The summed E-state index contributed by atoms with van der Waals surface area (Å²) < 4.78 is 26.2. The van der Waals surface area contributed by atoms with Gasteiger partial charge in [-0.25, -0.2) is 12.7 Å². The molecule has 9 heteroatoms. The molecule has 1 aromatic carbocycles. The molecule has 1 saturated heterocycles. The predicted octanol–water partition coefficient (Wildman–Crippen LogP) is 3.93. The van der Waals surface area contributed by atoms with Gasteiger partial charge in [0.05, 0.1) is 17.0 Å². The van der Waals surface area contributed by atoms with E-state index < -0.39 is 15.9 Å². The number of sulfonamides is 1. The van der Waals surface area contributed by atoms with Gasteiger partial charge in [0, 0.05) is 37.0 Å². The van der Waals surface area contributed by atoms with Crippen molar-refractivity contribution in [3.63, 3.8) is 0 Å². The number of hydrogen-bond donors (Lipinski definition) is 2. The molecule has 2 aliphatic rings. The normalized spacial score (nSPS) is 19.4. The Balaban J connectivity index is 1.59. The summed E-state index contributed by atoms with van der Waals surface area (Å²) in [5.74, 6) is 0.337. The lowest BCUT2D eigenvalue weighted by Crippen LogP contribution is -2.40. The first-order valence-electron chi connectivity index (χ1n) is 12.2. The molecule has 1 atom stereocenters. The number of carbonyl (C=O) groups excluding carboxylic acids is 1. The van der Waals surface area contributed by atoms with Gasteiger partial charge in [0.2, 0.25) is 10.0 Å². The monoisotopic (exact) mass is 504 g/mol. The summed E-state index contributed by atoms with van der Waals surface area (Å²) in [7, 11) is -1.01. The van der Waals surface area contributed by atoms with Crippen LogP contribution in [0.3, 0.4) is 0 Å². The average Bonchev–Trinajstić information content (AvgIpc) is 3.45. The van der Waals surface area contributed by atoms with Crippen LogP contribution < -0.4 is 11.1 Å². The van der Waals surface area contributed by atoms with Gasteiger partial charge in [0.25, 0.3) is 5.91 Å². The molecule has 1 amide bonds. The van der Waals surface area contributed by atoms with Gasteiger partial charge in [0.15, 0.2) is 0 Å². The van der Waals surface area contributed by atoms with Crippen LogP contribution in [-0.2, 0) is 16.6 Å². The largest absolute Gasteiger partial charge is 0.384 e. The molecule has 0 bridgehead atoms. The van der Waals surface area contributed by atoms with Gasteiger partial charge in [0.1, 0.15) is 0 Å². The predicted molar refractivity (Wildman–Crippen MR) is 140 cm³/mol. The molecule has 3 N–H and O–H groups in total. The summed E-state index contributed by atoms with van der Waals surface area (Å²) in [4.78, 5) is 16.0. The molecule has 1 aromatic heterocycles. The van der Waals surface area contributed by atoms with Crippen LogP contribution in [0.2, 0.25) is 0 Å². The lowest BCUT2D eigenvalue weighted by atomic mass is 9.80. The molecule has 4 rings (SSSR count). The molecular weight excluding hydrogens is 468 g/mol. The molecule has 2 aromatic rings. The highest BCUT2D eigenvalue weighted by Gasteiger charge is 2.36. The van der Waals surface area contributed by atoms with E-state index in [0.717, 1.165) is 61.3 Å². The Morgan fingerprint density at radius 1 is 1.21 bits per heavy atom. The van der Waals surface area contributed by atoms with Crippen LogP contribution in [-0.4, -0.2) is 62.5 Å². The maximum absolute atomic E-state index is 12.3. The second-order valence-electron chi connectivity index (χ2n) is 9.52. The van der Waals surface area contributed by atoms with Gasteiger partial charge >= 0.3 is 0 Å². The summed E-state index contributed by atoms with van der Waals surface area (Å²) >= 11 is 1.74. The third kappa shape index (κ3) is 5.17. The number of fused-ring (bicyclic) bond motifs is 1. The van der Waals surface area contributed by atoms with Crippen molar-refractivity contribution in [2.45, 2.75) is 45.6 Å². The maximum atomic E-state index is 12.3. The van der Waals surface area contributed by atoms with E-state index in [1.807, 2.05) is 6.07 Å². The van der Waals surface area contributed by atoms with Crippen molar-refractivity contribution in [3.8, 4) is 11.1 Å². The molecule has 0 saturated carbocycles. The number of amides is 1. The molecule has 186 valence electrons. The van der Waals surface area contributed by atoms with Crippen LogP contribution in [0.15, 0.2) is 23.6 Å². The molecule has 1 fully saturated rings. The van der Waals surface area contributed by atoms with E-state index in [4.69, 9.17) is 5.73 Å². The third-order valence-corrected chi connectivity index (χ3v) is 9.98. The SMILES string of the molecule is CCCN(C)Cc1cc(-c2cc(C(N)=O)c3c(c2)C(C2CCN(S(=O)(=O)CC)CC2)CN3)cs1. The maximum Gasteiger partial charge on any atom is 0.250 e. The first-order valence-corrected chi connectivity index (χ1v) is 14.7. The van der Waals surface area contributed by atoms with Crippen LogP contribution in [0, 0.1) is 5.92 Å². The zero-order valence-corrected chi connectivity index (χ0v) is 22.0. The summed E-state index contributed by atoms with van der Waals surface area (Å²) in [5, 5.41) is 5.60. The van der Waals surface area contributed by atoms with E-state index in [-0.39, 0.29) is 11.7 Å². The zero-order chi connectivity index (χ0) is 24.5. The summed E-state index contributed by atoms with van der Waals surface area (Å²) in [5.41, 5.74) is 10.5. The fourth-order valence-corrected chi connectivity index (χ4v) is 7.44. The van der Waals surface area contributed by atoms with E-state index >= 15 is 0 Å². The lowest BCUT2D eigenvalue weighted by molar-refractivity contribution is 0.100. The number of benzene rings is 1. The summed E-state index contributed by atoms with van der Waals surface area (Å²) in [6.07, 6.45) is 2.78. The average molecular weight is 505 g/mol. The Bertz CT molecular complexity index is 1140. The molecular formula is C25H36N4O3S2. The Labute approximate surface area is 207 Å². The van der Waals surface area contributed by atoms with Crippen molar-refractivity contribution in [3.05, 3.63) is 39.6 Å². The highest BCUT2D eigenvalue weighted by atomic mass is 32.2. The Morgan fingerprint density at radius 3 is 2.59 bits per heavy atom. The van der Waals surface area contributed by atoms with Crippen molar-refractivity contribution in [2.75, 3.05) is 44.3 Å². The second kappa shape index (κ2) is 10.4. The van der Waals surface area contributed by atoms with Crippen LogP contribution in [0.5, 0.6) is 0 Å². The number of rotatable bonds is 9. The van der Waals surface area contributed by atoms with E-state index in [2.05, 4.69) is 41.7 Å². The smallest absolute Gasteiger partial charge is 0.250 e. The minimum Gasteiger partial charge on any atom is -0.384 e. The standard InChI is InChI=1S/C25H36N4O3S2/c1-4-8-28(3)15-20-11-19(16-33-20)18-12-21-23(14-27-24(21)22(13-18)25(26)30)17-6-9-29(10-7-17)34(31,32)5-2/h11-13,16-17,23,27H,4-10,14-15H2,1-3H3,(H2,26,30). The fourth-order valence-electron chi connectivity index (χ4n) is 5.34. The molecule has 7 nitrogen and oxygen atoms in total. The molecule has 0 radical (unpaired) electrons. The molecule has 1 unspecified atom stereocenters. The Hall–Kier alpha value is -1.94. The molecule has 2 aliphatic heterocycles. The number of thiophene rings is 1. The first kappa shape index (κ1) is 25.2. The van der Waals surface area contributed by atoms with E-state index in [1.54, 1.807) is 22.6 Å². The molecule has 0 aliphatic carbocycles. The number of nitrogens with two attached hydrogens (primary N) is 1. The number of nitrogens with zero attached hydrogens (tertiary/aromatic N) is 2. The number of primary amides is 1. The second-order valence-corrected chi connectivity index (χ2v) is 12.8. The number of anilines is 1. The number of piperidine rings is 1. The van der Waals surface area contributed by atoms with Gasteiger partial charge in [-0.2, -0.15) is 0 Å². The van der Waals surface area contributed by atoms with Crippen LogP contribution in [0.4, 0.5) is 5.69 Å². The minimum atomic E-state index is -3.15. The van der Waals surface area contributed by atoms with Gasteiger partial charge < -0.3 is 16.0 Å². The quantitative estimate of drug-likeness (QED) is 0.540. The van der Waals surface area contributed by atoms with E-state index in [0.29, 0.717) is 24.6 Å².